The van der Waals surface area contributed by atoms with Gasteiger partial charge in [0.15, 0.2) is 5.78 Å². The number of aryl methyl sites for hydroxylation is 1. The Kier molecular flexibility index (Phi) is 3.02. The van der Waals surface area contributed by atoms with E-state index in [0.717, 1.165) is 31.2 Å². The van der Waals surface area contributed by atoms with Gasteiger partial charge >= 0.3 is 0 Å². The number of aromatic nitrogens is 1. The molecule has 0 aromatic carbocycles. The van der Waals surface area contributed by atoms with Gasteiger partial charge in [0, 0.05) is 30.5 Å². The zero-order valence-electron chi connectivity index (χ0n) is 11.2. The van der Waals surface area contributed by atoms with Crippen molar-refractivity contribution >= 4 is 5.78 Å². The van der Waals surface area contributed by atoms with Gasteiger partial charge in [-0.25, -0.2) is 0 Å². The largest absolute Gasteiger partial charge is 0.379 e. The number of nitrogens with zero attached hydrogens (tertiary/aromatic N) is 1. The quantitative estimate of drug-likeness (QED) is 0.804. The number of carbonyl (C=O) groups is 1. The topological polar surface area (TPSA) is 31.2 Å². The van der Waals surface area contributed by atoms with Crippen molar-refractivity contribution in [1.29, 1.82) is 0 Å². The summed E-state index contributed by atoms with van der Waals surface area (Å²) in [6.07, 6.45) is 6.62. The third kappa shape index (κ3) is 1.72. The smallest absolute Gasteiger partial charge is 0.164 e. The van der Waals surface area contributed by atoms with Gasteiger partial charge in [0.1, 0.15) is 0 Å². The van der Waals surface area contributed by atoms with E-state index in [9.17, 15) is 4.79 Å². The minimum atomic E-state index is 0.317. The van der Waals surface area contributed by atoms with Crippen LogP contribution in [0.4, 0.5) is 0 Å². The molecule has 2 aliphatic rings. The van der Waals surface area contributed by atoms with Crippen molar-refractivity contribution in [3.8, 4) is 0 Å². The van der Waals surface area contributed by atoms with Crippen LogP contribution in [0.15, 0.2) is 6.07 Å². The normalized spacial score (nSPS) is 27.6. The molecule has 18 heavy (non-hydrogen) atoms. The monoisotopic (exact) mass is 247 g/mol. The third-order valence-corrected chi connectivity index (χ3v) is 4.50. The molecule has 0 aliphatic heterocycles. The van der Waals surface area contributed by atoms with E-state index < -0.39 is 0 Å². The van der Waals surface area contributed by atoms with Gasteiger partial charge in [0.2, 0.25) is 0 Å². The zero-order chi connectivity index (χ0) is 12.7. The number of ether oxygens (including phenoxy) is 1. The fourth-order valence-electron chi connectivity index (χ4n) is 3.69. The molecule has 0 saturated heterocycles. The number of ketones is 1. The number of hydrogen-bond acceptors (Lipinski definition) is 2. The highest BCUT2D eigenvalue weighted by Crippen LogP contribution is 2.37. The Morgan fingerprint density at radius 2 is 2.11 bits per heavy atom. The Labute approximate surface area is 108 Å². The second kappa shape index (κ2) is 4.54. The van der Waals surface area contributed by atoms with Gasteiger partial charge in [-0.3, -0.25) is 4.79 Å². The van der Waals surface area contributed by atoms with E-state index in [-0.39, 0.29) is 0 Å². The molecule has 2 aliphatic carbocycles. The van der Waals surface area contributed by atoms with E-state index in [1.165, 1.54) is 24.2 Å². The maximum atomic E-state index is 12.0. The Balaban J connectivity index is 2.04. The summed E-state index contributed by atoms with van der Waals surface area (Å²) in [6.45, 7) is 2.12. The van der Waals surface area contributed by atoms with Gasteiger partial charge in [-0.15, -0.1) is 0 Å². The SMILES string of the molecule is COC1CCCC1n1c(C)cc2c1CCCC2=O. The molecule has 2 unspecified atom stereocenters. The van der Waals surface area contributed by atoms with E-state index in [1.54, 1.807) is 7.11 Å². The van der Waals surface area contributed by atoms with Crippen LogP contribution in [0, 0.1) is 6.92 Å². The molecule has 2 atom stereocenters. The van der Waals surface area contributed by atoms with Crippen molar-refractivity contribution in [2.24, 2.45) is 0 Å². The van der Waals surface area contributed by atoms with Crippen LogP contribution in [0.2, 0.25) is 0 Å². The molecule has 1 fully saturated rings. The van der Waals surface area contributed by atoms with Gasteiger partial charge in [0.05, 0.1) is 12.1 Å². The van der Waals surface area contributed by atoms with Crippen molar-refractivity contribution in [3.05, 3.63) is 23.0 Å². The lowest BCUT2D eigenvalue weighted by atomic mass is 9.96. The fourth-order valence-corrected chi connectivity index (χ4v) is 3.69. The Morgan fingerprint density at radius 1 is 1.28 bits per heavy atom. The first kappa shape index (κ1) is 12.0. The molecule has 0 N–H and O–H groups in total. The van der Waals surface area contributed by atoms with Crippen LogP contribution in [0.3, 0.4) is 0 Å². The molecule has 0 radical (unpaired) electrons. The lowest BCUT2D eigenvalue weighted by molar-refractivity contribution is 0.0732. The number of fused-ring (bicyclic) bond motifs is 1. The highest BCUT2D eigenvalue weighted by atomic mass is 16.5. The molecular formula is C15H21NO2. The van der Waals surface area contributed by atoms with Gasteiger partial charge in [0.25, 0.3) is 0 Å². The van der Waals surface area contributed by atoms with Crippen molar-refractivity contribution < 1.29 is 9.53 Å². The summed E-state index contributed by atoms with van der Waals surface area (Å²) in [5, 5.41) is 0. The average Bonchev–Trinajstić information content (AvgIpc) is 2.93. The van der Waals surface area contributed by atoms with E-state index in [2.05, 4.69) is 17.6 Å². The molecule has 1 aromatic rings. The molecule has 1 saturated carbocycles. The Morgan fingerprint density at radius 3 is 2.89 bits per heavy atom. The molecule has 3 nitrogen and oxygen atoms in total. The summed E-state index contributed by atoms with van der Waals surface area (Å²) in [4.78, 5) is 12.0. The first-order chi connectivity index (χ1) is 8.72. The molecule has 98 valence electrons. The van der Waals surface area contributed by atoms with Crippen LogP contribution >= 0.6 is 0 Å². The van der Waals surface area contributed by atoms with Gasteiger partial charge in [-0.2, -0.15) is 0 Å². The first-order valence-corrected chi connectivity index (χ1v) is 6.99. The fraction of sp³-hybridized carbons (Fsp3) is 0.667. The summed E-state index contributed by atoms with van der Waals surface area (Å²) < 4.78 is 8.01. The maximum absolute atomic E-state index is 12.0. The molecule has 1 aromatic heterocycles. The average molecular weight is 247 g/mol. The van der Waals surface area contributed by atoms with Crippen LogP contribution in [0.5, 0.6) is 0 Å². The minimum absolute atomic E-state index is 0.317. The summed E-state index contributed by atoms with van der Waals surface area (Å²) in [7, 11) is 1.80. The highest BCUT2D eigenvalue weighted by molar-refractivity contribution is 5.98. The van der Waals surface area contributed by atoms with E-state index in [0.29, 0.717) is 17.9 Å². The lowest BCUT2D eigenvalue weighted by Gasteiger charge is -2.25. The molecule has 0 bridgehead atoms. The maximum Gasteiger partial charge on any atom is 0.164 e. The van der Waals surface area contributed by atoms with Crippen LogP contribution in [0.25, 0.3) is 0 Å². The highest BCUT2D eigenvalue weighted by Gasteiger charge is 2.33. The second-order valence-corrected chi connectivity index (χ2v) is 5.57. The van der Waals surface area contributed by atoms with Crippen molar-refractivity contribution in [3.63, 3.8) is 0 Å². The van der Waals surface area contributed by atoms with Crippen molar-refractivity contribution in [2.75, 3.05) is 7.11 Å². The molecule has 0 spiro atoms. The molecule has 3 heteroatoms. The van der Waals surface area contributed by atoms with Crippen LogP contribution in [-0.2, 0) is 11.2 Å². The molecular weight excluding hydrogens is 226 g/mol. The zero-order valence-corrected chi connectivity index (χ0v) is 11.2. The number of carbonyl (C=O) groups excluding carboxylic acids is 1. The summed E-state index contributed by atoms with van der Waals surface area (Å²) in [5.41, 5.74) is 3.46. The van der Waals surface area contributed by atoms with Gasteiger partial charge < -0.3 is 9.30 Å². The molecule has 0 amide bonds. The standard InChI is InChI=1S/C15H21NO2/c1-10-9-11-12(5-3-7-14(11)17)16(10)13-6-4-8-15(13)18-2/h9,13,15H,3-8H2,1-2H3. The lowest BCUT2D eigenvalue weighted by Crippen LogP contribution is -2.24. The summed E-state index contributed by atoms with van der Waals surface area (Å²) in [5.74, 6) is 0.324. The van der Waals surface area contributed by atoms with Gasteiger partial charge in [-0.05, 0) is 45.1 Å². The first-order valence-electron chi connectivity index (χ1n) is 6.99. The second-order valence-electron chi connectivity index (χ2n) is 5.57. The van der Waals surface area contributed by atoms with Crippen LogP contribution in [0.1, 0.15) is 59.9 Å². The van der Waals surface area contributed by atoms with E-state index in [4.69, 9.17) is 4.74 Å². The molecule has 1 heterocycles. The Hall–Kier alpha value is -1.09. The van der Waals surface area contributed by atoms with E-state index in [1.807, 2.05) is 0 Å². The Bertz CT molecular complexity index is 475. The van der Waals surface area contributed by atoms with Crippen molar-refractivity contribution in [1.82, 2.24) is 4.57 Å². The molecule has 3 rings (SSSR count). The van der Waals surface area contributed by atoms with Gasteiger partial charge in [-0.1, -0.05) is 0 Å². The van der Waals surface area contributed by atoms with E-state index >= 15 is 0 Å². The number of hydrogen-bond donors (Lipinski definition) is 0. The van der Waals surface area contributed by atoms with Crippen LogP contribution < -0.4 is 0 Å². The summed E-state index contributed by atoms with van der Waals surface area (Å²) in [6, 6.07) is 2.52. The number of Topliss-reactive ketones (excluding diaryl/α,β-unsaturated/α-hetero) is 1. The van der Waals surface area contributed by atoms with Crippen LogP contribution in [-0.4, -0.2) is 23.6 Å². The van der Waals surface area contributed by atoms with Crippen molar-refractivity contribution in [2.45, 2.75) is 57.6 Å². The predicted molar refractivity (Wildman–Crippen MR) is 70.1 cm³/mol. The minimum Gasteiger partial charge on any atom is -0.379 e. The number of rotatable bonds is 2. The number of methoxy groups -OCH3 is 1. The third-order valence-electron chi connectivity index (χ3n) is 4.50. The predicted octanol–water partition coefficient (Wildman–Crippen LogP) is 3.06. The summed E-state index contributed by atoms with van der Waals surface area (Å²) >= 11 is 0.